The molecule has 0 amide bonds. The van der Waals surface area contributed by atoms with Gasteiger partial charge in [-0.3, -0.25) is 9.88 Å². The third kappa shape index (κ3) is 4.50. The van der Waals surface area contributed by atoms with Gasteiger partial charge in [-0.25, -0.2) is 0 Å². The number of ether oxygens (including phenoxy) is 1. The van der Waals surface area contributed by atoms with E-state index in [1.807, 2.05) is 12.4 Å². The topological polar surface area (TPSA) is 45.6 Å². The van der Waals surface area contributed by atoms with Gasteiger partial charge in [0.2, 0.25) is 0 Å². The standard InChI is InChI=1S/C23H30N2O2/c26-12-4-6-18-5-3-7-19(13-18)20-14-23(16-24-15-20)27-17-22-10-11-25(22)21-8-1-2-9-21/h3,5,7,13-16,21-22,26H,1-2,4,6,8-12,17H2/t22-/m0/s1. The molecule has 4 nitrogen and oxygen atoms in total. The van der Waals surface area contributed by atoms with Crippen molar-refractivity contribution in [1.82, 2.24) is 9.88 Å². The fourth-order valence-electron chi connectivity index (χ4n) is 4.39. The van der Waals surface area contributed by atoms with Gasteiger partial charge in [0.05, 0.1) is 6.20 Å². The first-order valence-corrected chi connectivity index (χ1v) is 10.4. The van der Waals surface area contributed by atoms with E-state index in [9.17, 15) is 0 Å². The zero-order valence-electron chi connectivity index (χ0n) is 16.0. The van der Waals surface area contributed by atoms with Crippen molar-refractivity contribution < 1.29 is 9.84 Å². The van der Waals surface area contributed by atoms with E-state index in [1.165, 1.54) is 44.2 Å². The van der Waals surface area contributed by atoms with E-state index < -0.39 is 0 Å². The molecule has 1 aliphatic heterocycles. The van der Waals surface area contributed by atoms with Crippen LogP contribution >= 0.6 is 0 Å². The Bertz CT molecular complexity index is 743. The molecule has 2 fully saturated rings. The van der Waals surface area contributed by atoms with Crippen molar-refractivity contribution in [3.05, 3.63) is 48.3 Å². The average molecular weight is 367 g/mol. The van der Waals surface area contributed by atoms with Gasteiger partial charge in [0, 0.05) is 37.0 Å². The van der Waals surface area contributed by atoms with Crippen LogP contribution < -0.4 is 4.74 Å². The summed E-state index contributed by atoms with van der Waals surface area (Å²) in [7, 11) is 0. The molecule has 1 aliphatic carbocycles. The van der Waals surface area contributed by atoms with Crippen LogP contribution in [0.15, 0.2) is 42.7 Å². The zero-order chi connectivity index (χ0) is 18.5. The predicted octanol–water partition coefficient (Wildman–Crippen LogP) is 4.07. The summed E-state index contributed by atoms with van der Waals surface area (Å²) in [4.78, 5) is 7.04. The average Bonchev–Trinajstić information content (AvgIpc) is 3.20. The van der Waals surface area contributed by atoms with Crippen molar-refractivity contribution in [3.63, 3.8) is 0 Å². The van der Waals surface area contributed by atoms with Crippen LogP contribution in [0, 0.1) is 0 Å². The summed E-state index contributed by atoms with van der Waals surface area (Å²) in [6.07, 6.45) is 12.1. The molecule has 0 bridgehead atoms. The van der Waals surface area contributed by atoms with Gasteiger partial charge in [-0.05, 0) is 49.3 Å². The maximum atomic E-state index is 9.04. The number of aromatic nitrogens is 1. The van der Waals surface area contributed by atoms with Gasteiger partial charge in [0.1, 0.15) is 12.4 Å². The Morgan fingerprint density at radius 1 is 1.07 bits per heavy atom. The van der Waals surface area contributed by atoms with Gasteiger partial charge in [-0.2, -0.15) is 0 Å². The Morgan fingerprint density at radius 2 is 1.96 bits per heavy atom. The molecule has 2 aromatic rings. The van der Waals surface area contributed by atoms with Crippen LogP contribution in [0.5, 0.6) is 5.75 Å². The Morgan fingerprint density at radius 3 is 2.74 bits per heavy atom. The number of nitrogens with zero attached hydrogens (tertiary/aromatic N) is 2. The second-order valence-electron chi connectivity index (χ2n) is 7.87. The van der Waals surface area contributed by atoms with E-state index in [2.05, 4.69) is 40.2 Å². The lowest BCUT2D eigenvalue weighted by Gasteiger charge is -2.44. The maximum absolute atomic E-state index is 9.04. The molecule has 0 spiro atoms. The molecule has 1 atom stereocenters. The van der Waals surface area contributed by atoms with Gasteiger partial charge < -0.3 is 9.84 Å². The lowest BCUT2D eigenvalue weighted by molar-refractivity contribution is 0.0140. The number of benzene rings is 1. The summed E-state index contributed by atoms with van der Waals surface area (Å²) in [5.41, 5.74) is 3.48. The molecule has 27 heavy (non-hydrogen) atoms. The number of aliphatic hydroxyl groups is 1. The number of rotatable bonds is 8. The molecule has 1 aromatic heterocycles. The summed E-state index contributed by atoms with van der Waals surface area (Å²) in [6.45, 7) is 2.23. The molecule has 4 heteroatoms. The molecule has 2 heterocycles. The summed E-state index contributed by atoms with van der Waals surface area (Å²) < 4.78 is 6.12. The Balaban J connectivity index is 1.38. The summed E-state index contributed by atoms with van der Waals surface area (Å²) in [5.74, 6) is 0.853. The number of pyridine rings is 1. The first-order chi connectivity index (χ1) is 13.3. The van der Waals surface area contributed by atoms with Crippen LogP contribution in [0.2, 0.25) is 0 Å². The fraction of sp³-hybridized carbons (Fsp3) is 0.522. The van der Waals surface area contributed by atoms with Crippen LogP contribution in [-0.4, -0.2) is 46.8 Å². The smallest absolute Gasteiger partial charge is 0.138 e. The quantitative estimate of drug-likeness (QED) is 0.765. The molecule has 1 aromatic carbocycles. The van der Waals surface area contributed by atoms with E-state index in [-0.39, 0.29) is 6.61 Å². The van der Waals surface area contributed by atoms with E-state index in [4.69, 9.17) is 9.84 Å². The van der Waals surface area contributed by atoms with E-state index in [0.717, 1.165) is 42.4 Å². The fourth-order valence-corrected chi connectivity index (χ4v) is 4.39. The van der Waals surface area contributed by atoms with Crippen LogP contribution in [0.4, 0.5) is 0 Å². The largest absolute Gasteiger partial charge is 0.490 e. The van der Waals surface area contributed by atoms with Crippen LogP contribution in [0.1, 0.15) is 44.1 Å². The highest BCUT2D eigenvalue weighted by Gasteiger charge is 2.35. The lowest BCUT2D eigenvalue weighted by atomic mass is 9.99. The monoisotopic (exact) mass is 366 g/mol. The van der Waals surface area contributed by atoms with Crippen molar-refractivity contribution in [2.24, 2.45) is 0 Å². The van der Waals surface area contributed by atoms with Gasteiger partial charge in [-0.1, -0.05) is 37.1 Å². The normalized spacial score (nSPS) is 20.6. The van der Waals surface area contributed by atoms with Crippen LogP contribution in [-0.2, 0) is 6.42 Å². The lowest BCUT2D eigenvalue weighted by Crippen LogP contribution is -2.54. The molecule has 1 saturated carbocycles. The number of hydrogen-bond donors (Lipinski definition) is 1. The molecule has 1 saturated heterocycles. The molecule has 1 N–H and O–H groups in total. The third-order valence-electron chi connectivity index (χ3n) is 6.02. The maximum Gasteiger partial charge on any atom is 0.138 e. The van der Waals surface area contributed by atoms with E-state index in [0.29, 0.717) is 6.04 Å². The minimum absolute atomic E-state index is 0.230. The zero-order valence-corrected chi connectivity index (χ0v) is 16.0. The van der Waals surface area contributed by atoms with Crippen molar-refractivity contribution in [1.29, 1.82) is 0 Å². The number of hydrogen-bond acceptors (Lipinski definition) is 4. The van der Waals surface area contributed by atoms with Crippen molar-refractivity contribution in [2.75, 3.05) is 19.8 Å². The second-order valence-corrected chi connectivity index (χ2v) is 7.87. The second kappa shape index (κ2) is 8.85. The summed E-state index contributed by atoms with van der Waals surface area (Å²) >= 11 is 0. The highest BCUT2D eigenvalue weighted by Crippen LogP contribution is 2.31. The van der Waals surface area contributed by atoms with Gasteiger partial charge in [-0.15, -0.1) is 0 Å². The highest BCUT2D eigenvalue weighted by molar-refractivity contribution is 5.64. The molecular weight excluding hydrogens is 336 g/mol. The highest BCUT2D eigenvalue weighted by atomic mass is 16.5. The van der Waals surface area contributed by atoms with E-state index in [1.54, 1.807) is 0 Å². The van der Waals surface area contributed by atoms with E-state index >= 15 is 0 Å². The summed E-state index contributed by atoms with van der Waals surface area (Å²) in [6, 6.07) is 11.9. The van der Waals surface area contributed by atoms with Crippen LogP contribution in [0.3, 0.4) is 0 Å². The molecule has 4 rings (SSSR count). The molecular formula is C23H30N2O2. The van der Waals surface area contributed by atoms with Crippen molar-refractivity contribution in [3.8, 4) is 16.9 Å². The Labute approximate surface area is 162 Å². The molecule has 144 valence electrons. The summed E-state index contributed by atoms with van der Waals surface area (Å²) in [5, 5.41) is 9.04. The van der Waals surface area contributed by atoms with Crippen molar-refractivity contribution in [2.45, 2.75) is 57.0 Å². The Hall–Kier alpha value is -1.91. The predicted molar refractivity (Wildman–Crippen MR) is 108 cm³/mol. The molecule has 2 aliphatic rings. The van der Waals surface area contributed by atoms with Gasteiger partial charge in [0.25, 0.3) is 0 Å². The first kappa shape index (κ1) is 18.5. The SMILES string of the molecule is OCCCc1cccc(-c2cncc(OC[C@@H]3CCN3C3CCCC3)c2)c1. The van der Waals surface area contributed by atoms with Crippen LogP contribution in [0.25, 0.3) is 11.1 Å². The Kier molecular flexibility index (Phi) is 6.05. The number of aliphatic hydroxyl groups excluding tert-OH is 1. The first-order valence-electron chi connectivity index (χ1n) is 10.4. The minimum atomic E-state index is 0.230. The number of likely N-dealkylation sites (tertiary alicyclic amines) is 1. The van der Waals surface area contributed by atoms with Gasteiger partial charge in [0.15, 0.2) is 0 Å². The molecule has 0 unspecified atom stereocenters. The molecule has 0 radical (unpaired) electrons. The third-order valence-corrected chi connectivity index (χ3v) is 6.02. The minimum Gasteiger partial charge on any atom is -0.490 e. The number of aryl methyl sites for hydroxylation is 1. The van der Waals surface area contributed by atoms with Gasteiger partial charge >= 0.3 is 0 Å². The van der Waals surface area contributed by atoms with Crippen molar-refractivity contribution >= 4 is 0 Å².